The number of benzene rings is 1. The van der Waals surface area contributed by atoms with Gasteiger partial charge in [-0.2, -0.15) is 0 Å². The van der Waals surface area contributed by atoms with Crippen molar-refractivity contribution in [1.29, 1.82) is 0 Å². The number of nitrogens with zero attached hydrogens (tertiary/aromatic N) is 4. The van der Waals surface area contributed by atoms with Crippen LogP contribution < -0.4 is 20.5 Å². The fourth-order valence-corrected chi connectivity index (χ4v) is 2.45. The van der Waals surface area contributed by atoms with Gasteiger partial charge in [-0.3, -0.25) is 4.99 Å². The van der Waals surface area contributed by atoms with Crippen molar-refractivity contribution >= 4 is 11.6 Å². The zero-order valence-electron chi connectivity index (χ0n) is 13.7. The Morgan fingerprint density at radius 1 is 1.33 bits per heavy atom. The van der Waals surface area contributed by atoms with Crippen molar-refractivity contribution in [2.45, 2.75) is 26.3 Å². The van der Waals surface area contributed by atoms with E-state index in [-0.39, 0.29) is 0 Å². The number of hydrogen-bond acceptors (Lipinski definition) is 5. The van der Waals surface area contributed by atoms with Crippen LogP contribution in [0.2, 0.25) is 0 Å². The quantitative estimate of drug-likeness (QED) is 0.635. The summed E-state index contributed by atoms with van der Waals surface area (Å²) < 4.78 is 13.2. The van der Waals surface area contributed by atoms with E-state index in [0.29, 0.717) is 32.3 Å². The van der Waals surface area contributed by atoms with E-state index < -0.39 is 0 Å². The molecule has 1 aliphatic heterocycles. The predicted molar refractivity (Wildman–Crippen MR) is 91.6 cm³/mol. The van der Waals surface area contributed by atoms with Gasteiger partial charge in [0, 0.05) is 31.1 Å². The molecule has 3 rings (SSSR count). The summed E-state index contributed by atoms with van der Waals surface area (Å²) in [5.41, 5.74) is 6.77. The fourth-order valence-electron chi connectivity index (χ4n) is 2.45. The number of guanidine groups is 1. The van der Waals surface area contributed by atoms with Crippen molar-refractivity contribution in [3.63, 3.8) is 0 Å². The lowest BCUT2D eigenvalue weighted by atomic mass is 10.3. The van der Waals surface area contributed by atoms with Crippen LogP contribution in [0.1, 0.15) is 19.2 Å². The number of rotatable bonds is 5. The molecular weight excluding hydrogens is 308 g/mol. The van der Waals surface area contributed by atoms with Crippen molar-refractivity contribution in [3.05, 3.63) is 30.4 Å². The third-order valence-electron chi connectivity index (χ3n) is 3.65. The number of aryl methyl sites for hydroxylation is 1. The molecule has 128 valence electrons. The Kier molecular flexibility index (Phi) is 5.15. The second kappa shape index (κ2) is 7.67. The average molecular weight is 330 g/mol. The van der Waals surface area contributed by atoms with Gasteiger partial charge in [-0.05, 0) is 12.1 Å². The summed E-state index contributed by atoms with van der Waals surface area (Å²) in [5.74, 6) is 2.78. The summed E-state index contributed by atoms with van der Waals surface area (Å²) in [6.45, 7) is 4.61. The monoisotopic (exact) mass is 330 g/mol. The predicted octanol–water partition coefficient (Wildman–Crippen LogP) is 1.43. The molecule has 0 radical (unpaired) electrons. The zero-order valence-corrected chi connectivity index (χ0v) is 13.7. The molecular formula is C16H22N6O2. The van der Waals surface area contributed by atoms with Gasteiger partial charge in [0.25, 0.3) is 0 Å². The highest BCUT2D eigenvalue weighted by molar-refractivity contribution is 5.92. The molecule has 1 aromatic carbocycles. The van der Waals surface area contributed by atoms with Crippen LogP contribution in [-0.4, -0.2) is 40.5 Å². The molecule has 0 amide bonds. The third-order valence-corrected chi connectivity index (χ3v) is 3.65. The van der Waals surface area contributed by atoms with E-state index in [2.05, 4.69) is 20.5 Å². The molecule has 0 bridgehead atoms. The van der Waals surface area contributed by atoms with Gasteiger partial charge in [0.15, 0.2) is 17.5 Å². The van der Waals surface area contributed by atoms with E-state index in [1.54, 1.807) is 6.33 Å². The number of ether oxygens (including phenoxy) is 2. The highest BCUT2D eigenvalue weighted by Crippen LogP contribution is 2.32. The van der Waals surface area contributed by atoms with E-state index in [0.717, 1.165) is 35.9 Å². The summed E-state index contributed by atoms with van der Waals surface area (Å²) in [6, 6.07) is 5.64. The SMILES string of the molecule is CCc1nncn1CCN=C(N)Nc1ccc2c(c1)OCCCO2. The lowest BCUT2D eigenvalue weighted by molar-refractivity contribution is 0.297. The van der Waals surface area contributed by atoms with Crippen molar-refractivity contribution in [3.8, 4) is 11.5 Å². The maximum atomic E-state index is 5.95. The Bertz CT molecular complexity index is 712. The van der Waals surface area contributed by atoms with Crippen LogP contribution in [0.4, 0.5) is 5.69 Å². The first kappa shape index (κ1) is 16.1. The number of anilines is 1. The molecule has 0 spiro atoms. The van der Waals surface area contributed by atoms with Crippen LogP contribution >= 0.6 is 0 Å². The smallest absolute Gasteiger partial charge is 0.193 e. The standard InChI is InChI=1S/C16H22N6O2/c1-2-15-21-19-11-22(15)7-6-18-16(17)20-12-4-5-13-14(10-12)24-9-3-8-23-13/h4-5,10-11H,2-3,6-9H2,1H3,(H3,17,18,20). The summed E-state index contributed by atoms with van der Waals surface area (Å²) in [5, 5.41) is 11.0. The Balaban J connectivity index is 1.58. The van der Waals surface area contributed by atoms with E-state index in [4.69, 9.17) is 15.2 Å². The maximum Gasteiger partial charge on any atom is 0.193 e. The minimum absolute atomic E-state index is 0.357. The van der Waals surface area contributed by atoms with Crippen molar-refractivity contribution < 1.29 is 9.47 Å². The molecule has 1 aliphatic rings. The van der Waals surface area contributed by atoms with E-state index in [1.165, 1.54) is 0 Å². The second-order valence-electron chi connectivity index (χ2n) is 5.40. The van der Waals surface area contributed by atoms with Crippen LogP contribution in [0, 0.1) is 0 Å². The Hall–Kier alpha value is -2.77. The zero-order chi connectivity index (χ0) is 16.8. The number of aliphatic imine (C=N–C) groups is 1. The molecule has 3 N–H and O–H groups in total. The van der Waals surface area contributed by atoms with Crippen LogP contribution in [0.15, 0.2) is 29.5 Å². The molecule has 0 saturated carbocycles. The topological polar surface area (TPSA) is 99.6 Å². The molecule has 24 heavy (non-hydrogen) atoms. The second-order valence-corrected chi connectivity index (χ2v) is 5.40. The molecule has 0 atom stereocenters. The third kappa shape index (κ3) is 3.95. The lowest BCUT2D eigenvalue weighted by Crippen LogP contribution is -2.23. The number of hydrogen-bond donors (Lipinski definition) is 2. The van der Waals surface area contributed by atoms with E-state index in [1.807, 2.05) is 29.7 Å². The summed E-state index contributed by atoms with van der Waals surface area (Å²) >= 11 is 0. The number of fused-ring (bicyclic) bond motifs is 1. The van der Waals surface area contributed by atoms with Gasteiger partial charge in [0.05, 0.1) is 19.8 Å². The average Bonchev–Trinajstić information content (AvgIpc) is 2.90. The van der Waals surface area contributed by atoms with Gasteiger partial charge in [0.1, 0.15) is 12.2 Å². The molecule has 0 unspecified atom stereocenters. The molecule has 0 saturated heterocycles. The number of nitrogens with one attached hydrogen (secondary N) is 1. The first-order valence-corrected chi connectivity index (χ1v) is 8.09. The highest BCUT2D eigenvalue weighted by atomic mass is 16.5. The van der Waals surface area contributed by atoms with Crippen molar-refractivity contribution in [2.75, 3.05) is 25.1 Å². The summed E-state index contributed by atoms with van der Waals surface area (Å²) in [7, 11) is 0. The Labute approximate surface area is 140 Å². The van der Waals surface area contributed by atoms with Gasteiger partial charge < -0.3 is 25.1 Å². The number of aromatic nitrogens is 3. The lowest BCUT2D eigenvalue weighted by Gasteiger charge is -2.11. The van der Waals surface area contributed by atoms with Gasteiger partial charge in [-0.25, -0.2) is 0 Å². The van der Waals surface area contributed by atoms with Crippen molar-refractivity contribution in [2.24, 2.45) is 10.7 Å². The normalized spacial score (nSPS) is 14.3. The largest absolute Gasteiger partial charge is 0.490 e. The Morgan fingerprint density at radius 3 is 3.00 bits per heavy atom. The first-order chi connectivity index (χ1) is 11.8. The first-order valence-electron chi connectivity index (χ1n) is 8.09. The molecule has 8 nitrogen and oxygen atoms in total. The summed E-state index contributed by atoms with van der Waals surface area (Å²) in [4.78, 5) is 4.34. The van der Waals surface area contributed by atoms with Crippen LogP contribution in [0.5, 0.6) is 11.5 Å². The maximum absolute atomic E-state index is 5.95. The molecule has 2 aromatic rings. The molecule has 8 heteroatoms. The van der Waals surface area contributed by atoms with Gasteiger partial charge in [-0.15, -0.1) is 10.2 Å². The fraction of sp³-hybridized carbons (Fsp3) is 0.438. The van der Waals surface area contributed by atoms with Crippen LogP contribution in [0.25, 0.3) is 0 Å². The van der Waals surface area contributed by atoms with Gasteiger partial charge in [0.2, 0.25) is 0 Å². The minimum atomic E-state index is 0.357. The Morgan fingerprint density at radius 2 is 2.17 bits per heavy atom. The molecule has 1 aromatic heterocycles. The van der Waals surface area contributed by atoms with Gasteiger partial charge >= 0.3 is 0 Å². The van der Waals surface area contributed by atoms with Crippen LogP contribution in [0.3, 0.4) is 0 Å². The highest BCUT2D eigenvalue weighted by Gasteiger charge is 2.10. The molecule has 0 aliphatic carbocycles. The van der Waals surface area contributed by atoms with Gasteiger partial charge in [-0.1, -0.05) is 6.92 Å². The summed E-state index contributed by atoms with van der Waals surface area (Å²) in [6.07, 6.45) is 3.43. The molecule has 0 fully saturated rings. The minimum Gasteiger partial charge on any atom is -0.490 e. The van der Waals surface area contributed by atoms with Crippen LogP contribution in [-0.2, 0) is 13.0 Å². The van der Waals surface area contributed by atoms with E-state index >= 15 is 0 Å². The molecule has 2 heterocycles. The van der Waals surface area contributed by atoms with Crippen molar-refractivity contribution in [1.82, 2.24) is 14.8 Å². The van der Waals surface area contributed by atoms with E-state index in [9.17, 15) is 0 Å². The number of nitrogens with two attached hydrogens (primary N) is 1.